The molecular weight excluding hydrogens is 302 g/mol. The van der Waals surface area contributed by atoms with Gasteiger partial charge in [-0.25, -0.2) is 0 Å². The van der Waals surface area contributed by atoms with E-state index in [0.717, 1.165) is 16.9 Å². The molecule has 0 heterocycles. The van der Waals surface area contributed by atoms with E-state index < -0.39 is 0 Å². The lowest BCUT2D eigenvalue weighted by atomic mass is 10.1. The number of likely N-dealkylation sites (N-methyl/N-ethyl adjacent to an activating group) is 1. The summed E-state index contributed by atoms with van der Waals surface area (Å²) in [6.07, 6.45) is 0. The van der Waals surface area contributed by atoms with Gasteiger partial charge in [0, 0.05) is 6.54 Å². The molecule has 128 valence electrons. The first-order valence-corrected chi connectivity index (χ1v) is 8.18. The van der Waals surface area contributed by atoms with Gasteiger partial charge in [-0.15, -0.1) is 0 Å². The van der Waals surface area contributed by atoms with E-state index in [1.165, 1.54) is 0 Å². The Balaban J connectivity index is 2.03. The minimum atomic E-state index is -0.0424. The van der Waals surface area contributed by atoms with Gasteiger partial charge in [-0.2, -0.15) is 0 Å². The number of hydrogen-bond donors (Lipinski definition) is 0. The van der Waals surface area contributed by atoms with Crippen LogP contribution in [-0.4, -0.2) is 31.1 Å². The molecule has 1 unspecified atom stereocenters. The third-order valence-corrected chi connectivity index (χ3v) is 4.09. The standard InChI is InChI=1S/C20H25NO3/c1-5-21(16(3)17-7-6-8-19(13-17)23-4)20(22)14-24-18-11-9-15(2)10-12-18/h6-13,16H,5,14H2,1-4H3. The molecule has 2 rings (SSSR count). The molecule has 0 saturated carbocycles. The van der Waals surface area contributed by atoms with E-state index in [1.807, 2.05) is 74.2 Å². The highest BCUT2D eigenvalue weighted by Gasteiger charge is 2.20. The first kappa shape index (κ1) is 17.9. The van der Waals surface area contributed by atoms with Crippen LogP contribution in [0.1, 0.15) is 31.0 Å². The molecule has 0 bridgehead atoms. The van der Waals surface area contributed by atoms with Crippen LogP contribution < -0.4 is 9.47 Å². The molecular formula is C20H25NO3. The van der Waals surface area contributed by atoms with Crippen LogP contribution in [0.4, 0.5) is 0 Å². The van der Waals surface area contributed by atoms with Gasteiger partial charge >= 0.3 is 0 Å². The number of hydrogen-bond acceptors (Lipinski definition) is 3. The van der Waals surface area contributed by atoms with E-state index in [2.05, 4.69) is 0 Å². The Morgan fingerprint density at radius 2 is 1.83 bits per heavy atom. The van der Waals surface area contributed by atoms with Crippen molar-refractivity contribution in [2.24, 2.45) is 0 Å². The van der Waals surface area contributed by atoms with Crippen LogP contribution in [0, 0.1) is 6.92 Å². The van der Waals surface area contributed by atoms with E-state index in [0.29, 0.717) is 12.3 Å². The molecule has 4 heteroatoms. The second-order valence-electron chi connectivity index (χ2n) is 5.73. The van der Waals surface area contributed by atoms with Crippen LogP contribution in [0.15, 0.2) is 48.5 Å². The summed E-state index contributed by atoms with van der Waals surface area (Å²) in [7, 11) is 1.64. The Bertz CT molecular complexity index is 667. The van der Waals surface area contributed by atoms with E-state index in [1.54, 1.807) is 7.11 Å². The number of amides is 1. The first-order valence-electron chi connectivity index (χ1n) is 8.18. The van der Waals surface area contributed by atoms with Crippen molar-refractivity contribution in [3.8, 4) is 11.5 Å². The minimum absolute atomic E-state index is 0.0329. The highest BCUT2D eigenvalue weighted by molar-refractivity contribution is 5.78. The average molecular weight is 327 g/mol. The fraction of sp³-hybridized carbons (Fsp3) is 0.350. The molecule has 0 N–H and O–H groups in total. The van der Waals surface area contributed by atoms with Crippen molar-refractivity contribution in [3.63, 3.8) is 0 Å². The SMILES string of the molecule is CCN(C(=O)COc1ccc(C)cc1)C(C)c1cccc(OC)c1. The third kappa shape index (κ3) is 4.51. The summed E-state index contributed by atoms with van der Waals surface area (Å²) in [4.78, 5) is 14.4. The van der Waals surface area contributed by atoms with E-state index in [-0.39, 0.29) is 18.6 Å². The van der Waals surface area contributed by atoms with Crippen molar-refractivity contribution in [2.75, 3.05) is 20.3 Å². The van der Waals surface area contributed by atoms with Crippen molar-refractivity contribution in [1.82, 2.24) is 4.90 Å². The number of benzene rings is 2. The number of carbonyl (C=O) groups is 1. The molecule has 1 atom stereocenters. The molecule has 0 fully saturated rings. The van der Waals surface area contributed by atoms with Crippen LogP contribution in [0.5, 0.6) is 11.5 Å². The smallest absolute Gasteiger partial charge is 0.260 e. The summed E-state index contributed by atoms with van der Waals surface area (Å²) >= 11 is 0. The maximum Gasteiger partial charge on any atom is 0.260 e. The Morgan fingerprint density at radius 3 is 2.46 bits per heavy atom. The molecule has 0 spiro atoms. The van der Waals surface area contributed by atoms with Gasteiger partial charge in [-0.05, 0) is 50.6 Å². The Morgan fingerprint density at radius 1 is 1.12 bits per heavy atom. The zero-order valence-corrected chi connectivity index (χ0v) is 14.8. The number of ether oxygens (including phenoxy) is 2. The van der Waals surface area contributed by atoms with Gasteiger partial charge in [0.1, 0.15) is 11.5 Å². The quantitative estimate of drug-likeness (QED) is 0.772. The molecule has 2 aromatic carbocycles. The first-order chi connectivity index (χ1) is 11.5. The highest BCUT2D eigenvalue weighted by Crippen LogP contribution is 2.24. The summed E-state index contributed by atoms with van der Waals surface area (Å²) in [5.74, 6) is 1.46. The van der Waals surface area contributed by atoms with Gasteiger partial charge in [0.25, 0.3) is 5.91 Å². The minimum Gasteiger partial charge on any atom is -0.497 e. The van der Waals surface area contributed by atoms with E-state index in [4.69, 9.17) is 9.47 Å². The molecule has 0 aromatic heterocycles. The van der Waals surface area contributed by atoms with Gasteiger partial charge in [-0.1, -0.05) is 29.8 Å². The molecule has 0 aliphatic carbocycles. The monoisotopic (exact) mass is 327 g/mol. The summed E-state index contributed by atoms with van der Waals surface area (Å²) in [6.45, 7) is 6.66. The summed E-state index contributed by atoms with van der Waals surface area (Å²) in [6, 6.07) is 15.5. The molecule has 0 aliphatic rings. The predicted molar refractivity (Wildman–Crippen MR) is 95.5 cm³/mol. The van der Waals surface area contributed by atoms with Crippen LogP contribution in [0.2, 0.25) is 0 Å². The Labute approximate surface area is 144 Å². The van der Waals surface area contributed by atoms with Gasteiger partial charge in [0.2, 0.25) is 0 Å². The summed E-state index contributed by atoms with van der Waals surface area (Å²) in [5, 5.41) is 0. The second-order valence-corrected chi connectivity index (χ2v) is 5.73. The lowest BCUT2D eigenvalue weighted by Gasteiger charge is -2.28. The van der Waals surface area contributed by atoms with Crippen molar-refractivity contribution < 1.29 is 14.3 Å². The maximum absolute atomic E-state index is 12.6. The molecule has 4 nitrogen and oxygen atoms in total. The fourth-order valence-corrected chi connectivity index (χ4v) is 2.61. The summed E-state index contributed by atoms with van der Waals surface area (Å²) < 4.78 is 10.9. The Kier molecular flexibility index (Phi) is 6.24. The molecule has 0 aliphatic heterocycles. The number of rotatable bonds is 7. The second kappa shape index (κ2) is 8.39. The largest absolute Gasteiger partial charge is 0.497 e. The topological polar surface area (TPSA) is 38.8 Å². The lowest BCUT2D eigenvalue weighted by Crippen LogP contribution is -2.36. The number of aryl methyl sites for hydroxylation is 1. The van der Waals surface area contributed by atoms with E-state index in [9.17, 15) is 4.79 Å². The highest BCUT2D eigenvalue weighted by atomic mass is 16.5. The normalized spacial score (nSPS) is 11.7. The fourth-order valence-electron chi connectivity index (χ4n) is 2.61. The third-order valence-electron chi connectivity index (χ3n) is 4.09. The van der Waals surface area contributed by atoms with Crippen LogP contribution in [0.25, 0.3) is 0 Å². The number of carbonyl (C=O) groups excluding carboxylic acids is 1. The van der Waals surface area contributed by atoms with Crippen LogP contribution in [0.3, 0.4) is 0 Å². The van der Waals surface area contributed by atoms with E-state index >= 15 is 0 Å². The van der Waals surface area contributed by atoms with Gasteiger partial charge < -0.3 is 14.4 Å². The number of nitrogens with zero attached hydrogens (tertiary/aromatic N) is 1. The number of methoxy groups -OCH3 is 1. The van der Waals surface area contributed by atoms with Gasteiger partial charge in [0.05, 0.1) is 13.2 Å². The maximum atomic E-state index is 12.6. The van der Waals surface area contributed by atoms with Crippen LogP contribution >= 0.6 is 0 Å². The molecule has 0 saturated heterocycles. The van der Waals surface area contributed by atoms with Crippen LogP contribution in [-0.2, 0) is 4.79 Å². The van der Waals surface area contributed by atoms with Crippen molar-refractivity contribution in [2.45, 2.75) is 26.8 Å². The zero-order chi connectivity index (χ0) is 17.5. The predicted octanol–water partition coefficient (Wildman–Crippen LogP) is 3.99. The van der Waals surface area contributed by atoms with Gasteiger partial charge in [0.15, 0.2) is 6.61 Å². The molecule has 1 amide bonds. The molecule has 24 heavy (non-hydrogen) atoms. The van der Waals surface area contributed by atoms with Crippen molar-refractivity contribution in [3.05, 3.63) is 59.7 Å². The average Bonchev–Trinajstić information content (AvgIpc) is 2.61. The summed E-state index contributed by atoms with van der Waals surface area (Å²) in [5.41, 5.74) is 2.20. The molecule has 0 radical (unpaired) electrons. The van der Waals surface area contributed by atoms with Crippen molar-refractivity contribution >= 4 is 5.91 Å². The van der Waals surface area contributed by atoms with Crippen molar-refractivity contribution in [1.29, 1.82) is 0 Å². The Hall–Kier alpha value is -2.49. The lowest BCUT2D eigenvalue weighted by molar-refractivity contribution is -0.135. The zero-order valence-electron chi connectivity index (χ0n) is 14.8. The van der Waals surface area contributed by atoms with Gasteiger partial charge in [-0.3, -0.25) is 4.79 Å². The molecule has 2 aromatic rings.